The summed E-state index contributed by atoms with van der Waals surface area (Å²) >= 11 is 0. The summed E-state index contributed by atoms with van der Waals surface area (Å²) in [6.07, 6.45) is 0. The van der Waals surface area contributed by atoms with Crippen LogP contribution >= 0.6 is 0 Å². The van der Waals surface area contributed by atoms with E-state index < -0.39 is 0 Å². The zero-order valence-electron chi connectivity index (χ0n) is 26.2. The number of hydrogen-bond acceptors (Lipinski definition) is 4. The number of fused-ring (bicyclic) bond motifs is 12. The molecule has 6 heteroatoms. The maximum Gasteiger partial charge on any atom is 0.264 e. The largest absolute Gasteiger partial charge is 0.268 e. The fourth-order valence-electron chi connectivity index (χ4n) is 9.16. The van der Waals surface area contributed by atoms with Crippen LogP contribution in [0.15, 0.2) is 131 Å². The summed E-state index contributed by atoms with van der Waals surface area (Å²) in [6.45, 7) is 0. The number of hydrogen-bond donors (Lipinski definition) is 0. The van der Waals surface area contributed by atoms with Crippen molar-refractivity contribution in [2.75, 3.05) is 0 Å². The average molecular weight is 637 g/mol. The summed E-state index contributed by atoms with van der Waals surface area (Å²) < 4.78 is 3.56. The van der Waals surface area contributed by atoms with E-state index in [1.807, 2.05) is 36.4 Å². The molecule has 0 saturated heterocycles. The third-order valence-corrected chi connectivity index (χ3v) is 11.3. The average Bonchev–Trinajstić information content (AvgIpc) is 3.72. The highest BCUT2D eigenvalue weighted by Gasteiger charge is 2.24. The van der Waals surface area contributed by atoms with Crippen LogP contribution in [0.2, 0.25) is 0 Å². The highest BCUT2D eigenvalue weighted by molar-refractivity contribution is 6.40. The lowest BCUT2D eigenvalue weighted by Gasteiger charge is -2.18. The van der Waals surface area contributed by atoms with Gasteiger partial charge in [-0.1, -0.05) is 72.8 Å². The molecule has 13 aromatic rings. The van der Waals surface area contributed by atoms with E-state index in [2.05, 4.69) is 84.9 Å². The molecular formula is C44H20N4O2. The second-order valence-electron chi connectivity index (χ2n) is 13.7. The Kier molecular flexibility index (Phi) is 4.12. The number of aromatic nitrogens is 4. The van der Waals surface area contributed by atoms with E-state index in [0.717, 1.165) is 97.5 Å². The van der Waals surface area contributed by atoms with Gasteiger partial charge in [-0.2, -0.15) is 0 Å². The molecule has 228 valence electrons. The minimum Gasteiger partial charge on any atom is -0.268 e. The summed E-state index contributed by atoms with van der Waals surface area (Å²) in [4.78, 5) is 38.9. The van der Waals surface area contributed by atoms with Crippen molar-refractivity contribution in [1.29, 1.82) is 0 Å². The maximum absolute atomic E-state index is 14.4. The molecule has 0 N–H and O–H groups in total. The Bertz CT molecular complexity index is 3550. The number of pyridine rings is 2. The van der Waals surface area contributed by atoms with Gasteiger partial charge in [-0.3, -0.25) is 18.4 Å². The molecule has 13 rings (SSSR count). The van der Waals surface area contributed by atoms with Crippen LogP contribution in [0.1, 0.15) is 0 Å². The number of rotatable bonds is 0. The van der Waals surface area contributed by atoms with Crippen LogP contribution in [0.5, 0.6) is 0 Å². The predicted octanol–water partition coefficient (Wildman–Crippen LogP) is 9.55. The topological polar surface area (TPSA) is 68.7 Å². The van der Waals surface area contributed by atoms with Gasteiger partial charge < -0.3 is 0 Å². The zero-order chi connectivity index (χ0) is 32.6. The monoisotopic (exact) mass is 636 g/mol. The van der Waals surface area contributed by atoms with Gasteiger partial charge in [0.15, 0.2) is 0 Å². The first-order valence-electron chi connectivity index (χ1n) is 16.8. The van der Waals surface area contributed by atoms with Gasteiger partial charge in [-0.05, 0) is 102 Å². The second kappa shape index (κ2) is 8.20. The van der Waals surface area contributed by atoms with Crippen molar-refractivity contribution in [3.63, 3.8) is 0 Å². The first kappa shape index (κ1) is 25.1. The van der Waals surface area contributed by atoms with Crippen LogP contribution in [0.4, 0.5) is 0 Å². The molecule has 50 heavy (non-hydrogen) atoms. The van der Waals surface area contributed by atoms with E-state index in [-0.39, 0.29) is 11.1 Å². The standard InChI is InChI=1S/C44H20N4O2/c49-43-31-15-11-27-28-12-16-32-40-30(42-46-34-18-22-6-2-4-8-24(22)20-36(34)48(42)44(32)50)14-10-26(38(28)40)25-9-13-29(39(31)37(25)27)41-45-33-17-21-5-1-3-7-23(21)19-35(33)47(41)43/h1-20H. The zero-order valence-corrected chi connectivity index (χ0v) is 26.2. The van der Waals surface area contributed by atoms with Gasteiger partial charge in [0.1, 0.15) is 11.3 Å². The van der Waals surface area contributed by atoms with Gasteiger partial charge in [-0.15, -0.1) is 0 Å². The van der Waals surface area contributed by atoms with Crippen LogP contribution in [0.3, 0.4) is 0 Å². The van der Waals surface area contributed by atoms with E-state index in [0.29, 0.717) is 22.1 Å². The summed E-state index contributed by atoms with van der Waals surface area (Å²) in [5, 5.41) is 15.8. The third-order valence-electron chi connectivity index (χ3n) is 11.3. The molecule has 0 spiro atoms. The number of nitrogens with zero attached hydrogens (tertiary/aromatic N) is 4. The fraction of sp³-hybridized carbons (Fsp3) is 0. The van der Waals surface area contributed by atoms with E-state index in [4.69, 9.17) is 9.97 Å². The third kappa shape index (κ3) is 2.74. The molecule has 0 fully saturated rings. The Morgan fingerprint density at radius 2 is 0.680 bits per heavy atom. The molecule has 0 radical (unpaired) electrons. The molecule has 0 aliphatic carbocycles. The van der Waals surface area contributed by atoms with Gasteiger partial charge >= 0.3 is 0 Å². The van der Waals surface area contributed by atoms with Crippen molar-refractivity contribution in [1.82, 2.24) is 18.8 Å². The molecule has 4 heterocycles. The smallest absolute Gasteiger partial charge is 0.264 e. The van der Waals surface area contributed by atoms with Gasteiger partial charge in [0.05, 0.1) is 22.1 Å². The summed E-state index contributed by atoms with van der Waals surface area (Å²) in [7, 11) is 0. The Balaban J connectivity index is 1.20. The van der Waals surface area contributed by atoms with Crippen molar-refractivity contribution in [2.45, 2.75) is 0 Å². The van der Waals surface area contributed by atoms with Gasteiger partial charge in [0, 0.05) is 32.3 Å². The van der Waals surface area contributed by atoms with Crippen LogP contribution in [-0.4, -0.2) is 18.8 Å². The lowest BCUT2D eigenvalue weighted by Crippen LogP contribution is -2.14. The fourth-order valence-corrected chi connectivity index (χ4v) is 9.16. The van der Waals surface area contributed by atoms with Gasteiger partial charge in [0.25, 0.3) is 11.1 Å². The normalized spacial score (nSPS) is 13.0. The van der Waals surface area contributed by atoms with E-state index >= 15 is 0 Å². The summed E-state index contributed by atoms with van der Waals surface area (Å²) in [5.41, 5.74) is 4.45. The molecule has 0 amide bonds. The van der Waals surface area contributed by atoms with Crippen molar-refractivity contribution in [3.8, 4) is 0 Å². The Hall–Kier alpha value is -6.92. The SMILES string of the molecule is O=c1c2ccc3c4ccc5c(=O)n6c7cc8ccccc8cc7nc6c6ccc(c7ccc(c2c37)c2nc3cc7ccccc7cc3n12)c4c56. The van der Waals surface area contributed by atoms with E-state index in [1.54, 1.807) is 8.80 Å². The van der Waals surface area contributed by atoms with Crippen LogP contribution in [0.25, 0.3) is 120 Å². The van der Waals surface area contributed by atoms with E-state index in [9.17, 15) is 9.59 Å². The second-order valence-corrected chi connectivity index (χ2v) is 13.7. The summed E-state index contributed by atoms with van der Waals surface area (Å²) in [5.74, 6) is 0. The molecular weight excluding hydrogens is 617 g/mol. The van der Waals surface area contributed by atoms with Crippen LogP contribution in [0, 0.1) is 0 Å². The van der Waals surface area contributed by atoms with Crippen LogP contribution < -0.4 is 11.1 Å². The number of imidazole rings is 2. The Morgan fingerprint density at radius 3 is 1.08 bits per heavy atom. The van der Waals surface area contributed by atoms with Crippen molar-refractivity contribution >= 4 is 120 Å². The quantitative estimate of drug-likeness (QED) is 0.123. The van der Waals surface area contributed by atoms with Crippen molar-refractivity contribution < 1.29 is 0 Å². The lowest BCUT2D eigenvalue weighted by molar-refractivity contribution is 1.19. The minimum atomic E-state index is -0.0674. The van der Waals surface area contributed by atoms with Gasteiger partial charge in [-0.25, -0.2) is 9.97 Å². The minimum absolute atomic E-state index is 0.0674. The van der Waals surface area contributed by atoms with E-state index in [1.165, 1.54) is 0 Å². The van der Waals surface area contributed by atoms with Crippen LogP contribution in [-0.2, 0) is 0 Å². The molecule has 6 nitrogen and oxygen atoms in total. The molecule has 0 bridgehead atoms. The van der Waals surface area contributed by atoms with Crippen molar-refractivity contribution in [2.24, 2.45) is 0 Å². The molecule has 0 saturated carbocycles. The summed E-state index contributed by atoms with van der Waals surface area (Å²) in [6, 6.07) is 41.3. The molecule has 0 atom stereocenters. The molecule has 9 aromatic carbocycles. The highest BCUT2D eigenvalue weighted by atomic mass is 16.1. The maximum atomic E-state index is 14.4. The molecule has 0 aliphatic rings. The highest BCUT2D eigenvalue weighted by Crippen LogP contribution is 2.46. The predicted molar refractivity (Wildman–Crippen MR) is 205 cm³/mol. The van der Waals surface area contributed by atoms with Crippen molar-refractivity contribution in [3.05, 3.63) is 142 Å². The lowest BCUT2D eigenvalue weighted by atomic mass is 9.86. The van der Waals surface area contributed by atoms with Gasteiger partial charge in [0.2, 0.25) is 0 Å². The number of benzene rings is 9. The Morgan fingerprint density at radius 1 is 0.360 bits per heavy atom. The molecule has 4 aromatic heterocycles. The molecule has 0 unspecified atom stereocenters. The first-order valence-corrected chi connectivity index (χ1v) is 16.8. The molecule has 0 aliphatic heterocycles. The first-order chi connectivity index (χ1) is 24.6. The Labute approximate surface area is 279 Å².